The Balaban J connectivity index is 2.49. The Morgan fingerprint density at radius 1 is 0.800 bits per heavy atom. The molecule has 0 aliphatic carbocycles. The molecule has 0 atom stereocenters. The van der Waals surface area contributed by atoms with Gasteiger partial charge in [0.15, 0.2) is 23.0 Å². The molecule has 0 radical (unpaired) electrons. The van der Waals surface area contributed by atoms with Gasteiger partial charge in [-0.2, -0.15) is 0 Å². The number of carbonyl (C=O) groups is 1. The van der Waals surface area contributed by atoms with Crippen LogP contribution in [0.2, 0.25) is 0 Å². The average molecular weight is 412 g/mol. The second-order valence-corrected chi connectivity index (χ2v) is 6.16. The molecule has 0 heterocycles. The second kappa shape index (κ2) is 11.6. The van der Waals surface area contributed by atoms with Gasteiger partial charge in [-0.05, 0) is 47.9 Å². The van der Waals surface area contributed by atoms with Gasteiger partial charge in [0.1, 0.15) is 0 Å². The number of methoxy groups -OCH3 is 4. The molecule has 0 aromatic heterocycles. The fourth-order valence-corrected chi connectivity index (χ4v) is 2.92. The maximum atomic E-state index is 11.6. The third kappa shape index (κ3) is 5.80. The van der Waals surface area contributed by atoms with Gasteiger partial charge in [0.2, 0.25) is 0 Å². The van der Waals surface area contributed by atoms with Crippen LogP contribution in [0.1, 0.15) is 24.5 Å². The highest BCUT2D eigenvalue weighted by Crippen LogP contribution is 2.36. The topological polar surface area (TPSA) is 63.2 Å². The molecule has 160 valence electrons. The molecular weight excluding hydrogens is 384 g/mol. The van der Waals surface area contributed by atoms with Crippen LogP contribution in [0.4, 0.5) is 0 Å². The number of esters is 1. The van der Waals surface area contributed by atoms with Gasteiger partial charge in [-0.1, -0.05) is 30.4 Å². The van der Waals surface area contributed by atoms with Crippen molar-refractivity contribution in [2.24, 2.45) is 0 Å². The molecule has 6 heteroatoms. The van der Waals surface area contributed by atoms with Crippen molar-refractivity contribution in [3.8, 4) is 23.0 Å². The lowest BCUT2D eigenvalue weighted by Gasteiger charge is -2.14. The summed E-state index contributed by atoms with van der Waals surface area (Å²) in [6.07, 6.45) is 5.73. The van der Waals surface area contributed by atoms with E-state index in [-0.39, 0.29) is 12.4 Å². The van der Waals surface area contributed by atoms with Gasteiger partial charge in [0, 0.05) is 0 Å². The smallest absolute Gasteiger partial charge is 0.309 e. The van der Waals surface area contributed by atoms with Gasteiger partial charge < -0.3 is 23.7 Å². The summed E-state index contributed by atoms with van der Waals surface area (Å²) in [4.78, 5) is 11.6. The summed E-state index contributed by atoms with van der Waals surface area (Å²) in [7, 11) is 6.39. The normalized spacial score (nSPS) is 10.4. The molecule has 0 amide bonds. The SMILES string of the molecule is CCOC(=O)C/C=C/C=C(c1ccc(OC)c(OC)c1)c1ccc(OC)c(OC)c1. The Hall–Kier alpha value is -3.41. The van der Waals surface area contributed by atoms with Crippen molar-refractivity contribution < 1.29 is 28.5 Å². The molecule has 0 aliphatic rings. The van der Waals surface area contributed by atoms with Gasteiger partial charge >= 0.3 is 5.97 Å². The fourth-order valence-electron chi connectivity index (χ4n) is 2.92. The Morgan fingerprint density at radius 2 is 1.30 bits per heavy atom. The molecule has 6 nitrogen and oxygen atoms in total. The zero-order chi connectivity index (χ0) is 21.9. The summed E-state index contributed by atoms with van der Waals surface area (Å²) in [6, 6.07) is 11.4. The molecule has 0 spiro atoms. The lowest BCUT2D eigenvalue weighted by Crippen LogP contribution is -2.01. The Labute approximate surface area is 177 Å². The van der Waals surface area contributed by atoms with E-state index in [0.717, 1.165) is 16.7 Å². The minimum absolute atomic E-state index is 0.204. The highest BCUT2D eigenvalue weighted by atomic mass is 16.5. The largest absolute Gasteiger partial charge is 0.493 e. The van der Waals surface area contributed by atoms with E-state index < -0.39 is 0 Å². The van der Waals surface area contributed by atoms with E-state index >= 15 is 0 Å². The molecule has 0 N–H and O–H groups in total. The standard InChI is InChI=1S/C24H28O6/c1-6-30-24(25)10-8-7-9-19(17-11-13-20(26-2)22(15-17)28-4)18-12-14-21(27-3)23(16-18)29-5/h7-9,11-16H,6,10H2,1-5H3/b8-7+. The maximum absolute atomic E-state index is 11.6. The summed E-state index contributed by atoms with van der Waals surface area (Å²) in [5.74, 6) is 2.27. The third-order valence-corrected chi connectivity index (χ3v) is 4.38. The summed E-state index contributed by atoms with van der Waals surface area (Å²) in [6.45, 7) is 2.15. The summed E-state index contributed by atoms with van der Waals surface area (Å²) in [5, 5.41) is 0. The van der Waals surface area contributed by atoms with E-state index in [9.17, 15) is 4.79 Å². The predicted octanol–water partition coefficient (Wildman–Crippen LogP) is 4.66. The first kappa shape index (κ1) is 22.9. The summed E-state index contributed by atoms with van der Waals surface area (Å²) in [5.41, 5.74) is 2.75. The molecule has 2 aromatic rings. The molecular formula is C24H28O6. The van der Waals surface area contributed by atoms with Crippen LogP contribution in [-0.4, -0.2) is 41.0 Å². The number of ether oxygens (including phenoxy) is 5. The summed E-state index contributed by atoms with van der Waals surface area (Å²) < 4.78 is 26.6. The molecule has 30 heavy (non-hydrogen) atoms. The van der Waals surface area contributed by atoms with Crippen molar-refractivity contribution in [3.63, 3.8) is 0 Å². The van der Waals surface area contributed by atoms with Gasteiger partial charge in [0.25, 0.3) is 0 Å². The van der Waals surface area contributed by atoms with Crippen molar-refractivity contribution in [2.75, 3.05) is 35.0 Å². The third-order valence-electron chi connectivity index (χ3n) is 4.38. The fraction of sp³-hybridized carbons (Fsp3) is 0.292. The highest BCUT2D eigenvalue weighted by molar-refractivity contribution is 5.83. The molecule has 0 fully saturated rings. The van der Waals surface area contributed by atoms with Crippen molar-refractivity contribution in [2.45, 2.75) is 13.3 Å². The molecule has 0 unspecified atom stereocenters. The number of hydrogen-bond donors (Lipinski definition) is 0. The number of rotatable bonds is 10. The number of hydrogen-bond acceptors (Lipinski definition) is 6. The van der Waals surface area contributed by atoms with E-state index in [2.05, 4.69) is 0 Å². The zero-order valence-corrected chi connectivity index (χ0v) is 18.1. The quantitative estimate of drug-likeness (QED) is 0.418. The Morgan fingerprint density at radius 3 is 1.73 bits per heavy atom. The van der Waals surface area contributed by atoms with Crippen molar-refractivity contribution >= 4 is 11.5 Å². The molecule has 2 rings (SSSR count). The van der Waals surface area contributed by atoms with E-state index in [4.69, 9.17) is 23.7 Å². The summed E-state index contributed by atoms with van der Waals surface area (Å²) >= 11 is 0. The van der Waals surface area contributed by atoms with Crippen molar-refractivity contribution in [1.29, 1.82) is 0 Å². The molecule has 0 bridgehead atoms. The van der Waals surface area contributed by atoms with E-state index in [0.29, 0.717) is 29.6 Å². The molecule has 0 aliphatic heterocycles. The van der Waals surface area contributed by atoms with Crippen LogP contribution in [0, 0.1) is 0 Å². The highest BCUT2D eigenvalue weighted by Gasteiger charge is 2.12. The van der Waals surface area contributed by atoms with Gasteiger partial charge in [-0.25, -0.2) is 0 Å². The first-order valence-corrected chi connectivity index (χ1v) is 9.55. The molecule has 2 aromatic carbocycles. The van der Waals surface area contributed by atoms with Crippen LogP contribution < -0.4 is 18.9 Å². The van der Waals surface area contributed by atoms with Crippen LogP contribution in [0.25, 0.3) is 5.57 Å². The second-order valence-electron chi connectivity index (χ2n) is 6.16. The molecule has 0 saturated carbocycles. The lowest BCUT2D eigenvalue weighted by atomic mass is 9.96. The number of carbonyl (C=O) groups excluding carboxylic acids is 1. The zero-order valence-electron chi connectivity index (χ0n) is 18.1. The monoisotopic (exact) mass is 412 g/mol. The van der Waals surface area contributed by atoms with Crippen LogP contribution in [0.5, 0.6) is 23.0 Å². The van der Waals surface area contributed by atoms with Crippen molar-refractivity contribution in [1.82, 2.24) is 0 Å². The number of benzene rings is 2. The van der Waals surface area contributed by atoms with Gasteiger partial charge in [-0.15, -0.1) is 0 Å². The Bertz CT molecular complexity index is 856. The average Bonchev–Trinajstić information content (AvgIpc) is 2.78. The van der Waals surface area contributed by atoms with Crippen LogP contribution in [0.15, 0.2) is 54.6 Å². The maximum Gasteiger partial charge on any atom is 0.309 e. The van der Waals surface area contributed by atoms with Crippen molar-refractivity contribution in [3.05, 3.63) is 65.8 Å². The van der Waals surface area contributed by atoms with E-state index in [1.807, 2.05) is 48.6 Å². The first-order valence-electron chi connectivity index (χ1n) is 9.55. The van der Waals surface area contributed by atoms with E-state index in [1.54, 1.807) is 41.4 Å². The van der Waals surface area contributed by atoms with Crippen LogP contribution >= 0.6 is 0 Å². The van der Waals surface area contributed by atoms with Crippen LogP contribution in [0.3, 0.4) is 0 Å². The predicted molar refractivity (Wildman–Crippen MR) is 117 cm³/mol. The van der Waals surface area contributed by atoms with Crippen LogP contribution in [-0.2, 0) is 9.53 Å². The van der Waals surface area contributed by atoms with E-state index in [1.165, 1.54) is 0 Å². The number of allylic oxidation sites excluding steroid dienone is 2. The Kier molecular flexibility index (Phi) is 8.81. The van der Waals surface area contributed by atoms with Gasteiger partial charge in [-0.3, -0.25) is 4.79 Å². The minimum Gasteiger partial charge on any atom is -0.493 e. The minimum atomic E-state index is -0.263. The first-order chi connectivity index (χ1) is 14.6. The lowest BCUT2D eigenvalue weighted by molar-refractivity contribution is -0.142. The molecule has 0 saturated heterocycles. The van der Waals surface area contributed by atoms with Gasteiger partial charge in [0.05, 0.1) is 41.5 Å².